The summed E-state index contributed by atoms with van der Waals surface area (Å²) in [6.07, 6.45) is 2.97. The Kier molecular flexibility index (Phi) is 5.52. The minimum Gasteiger partial charge on any atom is -0.312 e. The van der Waals surface area contributed by atoms with Crippen LogP contribution in [0.4, 0.5) is 0 Å². The Bertz CT molecular complexity index is 585. The molecule has 0 unspecified atom stereocenters. The van der Waals surface area contributed by atoms with Crippen LogP contribution >= 0.6 is 27.3 Å². The lowest BCUT2D eigenvalue weighted by Gasteiger charge is -2.17. The van der Waals surface area contributed by atoms with Gasteiger partial charge in [-0.1, -0.05) is 27.7 Å². The predicted molar refractivity (Wildman–Crippen MR) is 93.7 cm³/mol. The molecule has 1 N–H and O–H groups in total. The van der Waals surface area contributed by atoms with Crippen molar-refractivity contribution < 1.29 is 0 Å². The molecule has 2 aromatic rings. The fraction of sp³-hybridized carbons (Fsp3) is 0.500. The normalized spacial score (nSPS) is 11.9. The fourth-order valence-electron chi connectivity index (χ4n) is 2.05. The first kappa shape index (κ1) is 16.6. The molecular formula is C16H22BrN3S. The van der Waals surface area contributed by atoms with Crippen LogP contribution in [-0.2, 0) is 12.0 Å². The van der Waals surface area contributed by atoms with Crippen molar-refractivity contribution >= 4 is 27.3 Å². The number of thiazole rings is 1. The molecule has 2 rings (SSSR count). The molecule has 0 aliphatic carbocycles. The Hall–Kier alpha value is -0.780. The summed E-state index contributed by atoms with van der Waals surface area (Å²) >= 11 is 5.17. The molecule has 0 aromatic carbocycles. The van der Waals surface area contributed by atoms with Crippen molar-refractivity contribution in [1.82, 2.24) is 15.3 Å². The largest absolute Gasteiger partial charge is 0.312 e. The van der Waals surface area contributed by atoms with Crippen LogP contribution in [0.2, 0.25) is 0 Å². The molecule has 0 amide bonds. The highest BCUT2D eigenvalue weighted by atomic mass is 79.9. The molecular weight excluding hydrogens is 346 g/mol. The van der Waals surface area contributed by atoms with Gasteiger partial charge in [-0.05, 0) is 41.0 Å². The second-order valence-corrected chi connectivity index (χ2v) is 8.08. The Morgan fingerprint density at radius 2 is 2.05 bits per heavy atom. The molecule has 0 atom stereocenters. The minimum atomic E-state index is 0.0490. The van der Waals surface area contributed by atoms with E-state index in [2.05, 4.69) is 53.9 Å². The van der Waals surface area contributed by atoms with Crippen LogP contribution in [0.3, 0.4) is 0 Å². The van der Waals surface area contributed by atoms with Crippen LogP contribution < -0.4 is 5.32 Å². The number of nitrogens with one attached hydrogen (secondary N) is 1. The molecule has 3 nitrogen and oxygen atoms in total. The highest BCUT2D eigenvalue weighted by molar-refractivity contribution is 9.10. The molecule has 2 heterocycles. The number of pyridine rings is 1. The van der Waals surface area contributed by atoms with Crippen LogP contribution in [0.15, 0.2) is 22.8 Å². The monoisotopic (exact) mass is 367 g/mol. The van der Waals surface area contributed by atoms with Crippen molar-refractivity contribution in [3.8, 4) is 10.7 Å². The third kappa shape index (κ3) is 4.34. The van der Waals surface area contributed by atoms with Crippen molar-refractivity contribution in [2.24, 2.45) is 0 Å². The summed E-state index contributed by atoms with van der Waals surface area (Å²) in [4.78, 5) is 10.6. The van der Waals surface area contributed by atoms with Crippen LogP contribution in [-0.4, -0.2) is 16.5 Å². The maximum Gasteiger partial charge on any atom is 0.142 e. The van der Waals surface area contributed by atoms with Gasteiger partial charge in [0.15, 0.2) is 0 Å². The maximum absolute atomic E-state index is 4.86. The van der Waals surface area contributed by atoms with E-state index in [1.165, 1.54) is 10.6 Å². The molecule has 5 heteroatoms. The van der Waals surface area contributed by atoms with Crippen molar-refractivity contribution in [3.63, 3.8) is 0 Å². The van der Waals surface area contributed by atoms with Gasteiger partial charge in [0.25, 0.3) is 0 Å². The first-order valence-electron chi connectivity index (χ1n) is 7.24. The van der Waals surface area contributed by atoms with Crippen LogP contribution in [0.25, 0.3) is 10.7 Å². The molecule has 114 valence electrons. The number of hydrogen-bond donors (Lipinski definition) is 1. The maximum atomic E-state index is 4.86. The van der Waals surface area contributed by atoms with E-state index in [0.29, 0.717) is 0 Å². The Balaban J connectivity index is 2.33. The summed E-state index contributed by atoms with van der Waals surface area (Å²) in [5.41, 5.74) is 2.17. The smallest absolute Gasteiger partial charge is 0.142 e. The minimum absolute atomic E-state index is 0.0490. The van der Waals surface area contributed by atoms with Crippen molar-refractivity contribution in [3.05, 3.63) is 33.4 Å². The number of halogens is 1. The quantitative estimate of drug-likeness (QED) is 0.773. The second-order valence-electron chi connectivity index (χ2n) is 6.08. The van der Waals surface area contributed by atoms with E-state index in [1.54, 1.807) is 11.3 Å². The number of nitrogens with zero attached hydrogens (tertiary/aromatic N) is 2. The van der Waals surface area contributed by atoms with Crippen LogP contribution in [0, 0.1) is 0 Å². The second kappa shape index (κ2) is 6.99. The van der Waals surface area contributed by atoms with Gasteiger partial charge in [0.05, 0.1) is 11.4 Å². The zero-order chi connectivity index (χ0) is 15.5. The average molecular weight is 368 g/mol. The van der Waals surface area contributed by atoms with Gasteiger partial charge >= 0.3 is 0 Å². The molecule has 0 aliphatic rings. The molecule has 0 saturated heterocycles. The first-order chi connectivity index (χ1) is 9.91. The molecule has 0 fully saturated rings. The van der Waals surface area contributed by atoms with E-state index in [1.807, 2.05) is 18.3 Å². The zero-order valence-electron chi connectivity index (χ0n) is 13.0. The fourth-order valence-corrected chi connectivity index (χ4v) is 3.50. The molecule has 0 spiro atoms. The molecule has 0 radical (unpaired) electrons. The Morgan fingerprint density at radius 3 is 2.62 bits per heavy atom. The lowest BCUT2D eigenvalue weighted by molar-refractivity contribution is 0.559. The third-order valence-electron chi connectivity index (χ3n) is 3.07. The van der Waals surface area contributed by atoms with Gasteiger partial charge in [0.1, 0.15) is 5.01 Å². The van der Waals surface area contributed by atoms with Gasteiger partial charge in [-0.2, -0.15) is 0 Å². The van der Waals surface area contributed by atoms with Crippen molar-refractivity contribution in [2.45, 2.75) is 46.1 Å². The van der Waals surface area contributed by atoms with Crippen molar-refractivity contribution in [2.75, 3.05) is 6.54 Å². The van der Waals surface area contributed by atoms with Gasteiger partial charge in [0.2, 0.25) is 0 Å². The van der Waals surface area contributed by atoms with E-state index in [-0.39, 0.29) is 5.41 Å². The van der Waals surface area contributed by atoms with E-state index >= 15 is 0 Å². The van der Waals surface area contributed by atoms with Gasteiger partial charge in [-0.3, -0.25) is 4.98 Å². The molecule has 2 aromatic heterocycles. The number of rotatable bonds is 5. The predicted octanol–water partition coefficient (Wildman–Crippen LogP) is 4.76. The summed E-state index contributed by atoms with van der Waals surface area (Å²) in [6.45, 7) is 10.7. The molecule has 0 saturated carbocycles. The topological polar surface area (TPSA) is 37.8 Å². The highest BCUT2D eigenvalue weighted by Crippen LogP contribution is 2.34. The van der Waals surface area contributed by atoms with Gasteiger partial charge < -0.3 is 5.32 Å². The Morgan fingerprint density at radius 1 is 1.29 bits per heavy atom. The molecule has 0 bridgehead atoms. The number of hydrogen-bond acceptors (Lipinski definition) is 4. The van der Waals surface area contributed by atoms with Gasteiger partial charge in [-0.25, -0.2) is 4.98 Å². The van der Waals surface area contributed by atoms with E-state index < -0.39 is 0 Å². The zero-order valence-corrected chi connectivity index (χ0v) is 15.4. The van der Waals surface area contributed by atoms with Crippen LogP contribution in [0.5, 0.6) is 0 Å². The van der Waals surface area contributed by atoms with Crippen molar-refractivity contribution in [1.29, 1.82) is 0 Å². The summed E-state index contributed by atoms with van der Waals surface area (Å²) in [5.74, 6) is 0. The summed E-state index contributed by atoms with van der Waals surface area (Å²) < 4.78 is 0.990. The number of aromatic nitrogens is 2. The standard InChI is InChI=1S/C16H22BrN3S/c1-5-8-18-10-13-14(16(2,3)4)20-15(21-13)12-7-6-11(17)9-19-12/h6-7,9,18H,5,8,10H2,1-4H3. The van der Waals surface area contributed by atoms with Gasteiger partial charge in [0, 0.05) is 27.5 Å². The summed E-state index contributed by atoms with van der Waals surface area (Å²) in [6, 6.07) is 4.02. The lowest BCUT2D eigenvalue weighted by atomic mass is 9.91. The highest BCUT2D eigenvalue weighted by Gasteiger charge is 2.23. The SMILES string of the molecule is CCCNCc1sc(-c2ccc(Br)cn2)nc1C(C)(C)C. The molecule has 0 aliphatic heterocycles. The third-order valence-corrected chi connectivity index (χ3v) is 4.61. The van der Waals surface area contributed by atoms with E-state index in [4.69, 9.17) is 4.98 Å². The Labute approximate surface area is 139 Å². The first-order valence-corrected chi connectivity index (χ1v) is 8.85. The summed E-state index contributed by atoms with van der Waals surface area (Å²) in [5, 5.41) is 4.48. The summed E-state index contributed by atoms with van der Waals surface area (Å²) in [7, 11) is 0. The van der Waals surface area contributed by atoms with Gasteiger partial charge in [-0.15, -0.1) is 11.3 Å². The van der Waals surface area contributed by atoms with E-state index in [9.17, 15) is 0 Å². The van der Waals surface area contributed by atoms with Crippen LogP contribution in [0.1, 0.15) is 44.7 Å². The molecule has 21 heavy (non-hydrogen) atoms. The lowest BCUT2D eigenvalue weighted by Crippen LogP contribution is -2.19. The van der Waals surface area contributed by atoms with E-state index in [0.717, 1.165) is 34.7 Å². The average Bonchev–Trinajstić information content (AvgIpc) is 2.84.